The van der Waals surface area contributed by atoms with Crippen molar-refractivity contribution < 1.29 is 0 Å². The number of hydrogen-bond acceptors (Lipinski definition) is 0. The second kappa shape index (κ2) is 2.12. The third kappa shape index (κ3) is 0.758. The normalized spacial score (nSPS) is 49.1. The highest BCUT2D eigenvalue weighted by atomic mass is 14.5. The lowest BCUT2D eigenvalue weighted by Crippen LogP contribution is -2.25. The second-order valence-corrected chi connectivity index (χ2v) is 4.53. The second-order valence-electron chi connectivity index (χ2n) is 4.53. The van der Waals surface area contributed by atoms with Crippen molar-refractivity contribution in [3.63, 3.8) is 0 Å². The van der Waals surface area contributed by atoms with E-state index in [4.69, 9.17) is 0 Å². The molecule has 11 heavy (non-hydrogen) atoms. The maximum Gasteiger partial charge on any atom is -0.0163 e. The molecule has 0 fully saturated rings. The van der Waals surface area contributed by atoms with E-state index in [1.807, 2.05) is 5.57 Å². The Morgan fingerprint density at radius 2 is 1.55 bits per heavy atom. The van der Waals surface area contributed by atoms with Crippen molar-refractivity contribution in [1.82, 2.24) is 0 Å². The van der Waals surface area contributed by atoms with Gasteiger partial charge in [-0.3, -0.25) is 0 Å². The van der Waals surface area contributed by atoms with Crippen LogP contribution in [0.3, 0.4) is 0 Å². The fourth-order valence-electron chi connectivity index (χ4n) is 2.87. The largest absolute Gasteiger partial charge is 0.0667 e. The predicted molar refractivity (Wildman–Crippen MR) is 48.3 cm³/mol. The monoisotopic (exact) mass is 150 g/mol. The molecule has 2 rings (SSSR count). The summed E-state index contributed by atoms with van der Waals surface area (Å²) in [5.74, 6) is 3.60. The zero-order valence-electron chi connectivity index (χ0n) is 8.02. The van der Waals surface area contributed by atoms with Gasteiger partial charge in [-0.2, -0.15) is 0 Å². The Balaban J connectivity index is 2.27. The lowest BCUT2D eigenvalue weighted by Gasteiger charge is -2.36. The summed E-state index contributed by atoms with van der Waals surface area (Å²) < 4.78 is 0. The van der Waals surface area contributed by atoms with Gasteiger partial charge in [0.05, 0.1) is 0 Å². The highest BCUT2D eigenvalue weighted by Crippen LogP contribution is 2.54. The fourth-order valence-corrected chi connectivity index (χ4v) is 2.87. The van der Waals surface area contributed by atoms with E-state index in [9.17, 15) is 0 Å². The van der Waals surface area contributed by atoms with E-state index < -0.39 is 0 Å². The van der Waals surface area contributed by atoms with Gasteiger partial charge in [-0.25, -0.2) is 0 Å². The molecule has 0 aliphatic heterocycles. The molecule has 0 heterocycles. The van der Waals surface area contributed by atoms with Crippen molar-refractivity contribution in [3.05, 3.63) is 11.1 Å². The van der Waals surface area contributed by atoms with E-state index in [-0.39, 0.29) is 0 Å². The van der Waals surface area contributed by atoms with Crippen LogP contribution in [-0.4, -0.2) is 0 Å². The van der Waals surface area contributed by atoms with Crippen LogP contribution in [0.1, 0.15) is 34.1 Å². The molecule has 0 N–H and O–H groups in total. The van der Waals surface area contributed by atoms with Gasteiger partial charge in [-0.1, -0.05) is 38.8 Å². The van der Waals surface area contributed by atoms with Crippen LogP contribution in [0, 0.1) is 23.7 Å². The third-order valence-corrected chi connectivity index (χ3v) is 4.05. The van der Waals surface area contributed by atoms with Gasteiger partial charge in [-0.15, -0.1) is 0 Å². The van der Waals surface area contributed by atoms with Gasteiger partial charge in [0, 0.05) is 0 Å². The molecule has 0 spiro atoms. The minimum Gasteiger partial charge on any atom is -0.0667 e. The predicted octanol–water partition coefficient (Wildman–Crippen LogP) is 3.24. The number of rotatable bonds is 0. The molecule has 62 valence electrons. The summed E-state index contributed by atoms with van der Waals surface area (Å²) in [6.07, 6.45) is 1.39. The minimum atomic E-state index is 0.885. The standard InChI is InChI=1S/C11H18/c1-6-5-10-8(3)9(4)11(10)7(6)2/h6-9H,5H2,1-4H3. The fraction of sp³-hybridized carbons (Fsp3) is 0.818. The molecule has 0 bridgehead atoms. The van der Waals surface area contributed by atoms with Crippen molar-refractivity contribution in [1.29, 1.82) is 0 Å². The smallest absolute Gasteiger partial charge is 0.0163 e. The molecule has 0 heteroatoms. The van der Waals surface area contributed by atoms with Gasteiger partial charge in [0.15, 0.2) is 0 Å². The van der Waals surface area contributed by atoms with Crippen LogP contribution in [-0.2, 0) is 0 Å². The summed E-state index contributed by atoms with van der Waals surface area (Å²) in [7, 11) is 0. The van der Waals surface area contributed by atoms with E-state index in [2.05, 4.69) is 27.7 Å². The SMILES string of the molecule is CC1CC2=C(C1C)C(C)C2C. The first-order valence-corrected chi connectivity index (χ1v) is 4.85. The Bertz CT molecular complexity index is 212. The summed E-state index contributed by atoms with van der Waals surface area (Å²) in [5, 5.41) is 0. The quantitative estimate of drug-likeness (QED) is 0.465. The molecule has 0 nitrogen and oxygen atoms in total. The van der Waals surface area contributed by atoms with E-state index >= 15 is 0 Å². The first kappa shape index (κ1) is 7.39. The summed E-state index contributed by atoms with van der Waals surface area (Å²) in [5.41, 5.74) is 3.61. The first-order chi connectivity index (χ1) is 5.13. The molecule has 0 aromatic heterocycles. The highest BCUT2D eigenvalue weighted by Gasteiger charge is 2.42. The topological polar surface area (TPSA) is 0 Å². The van der Waals surface area contributed by atoms with Gasteiger partial charge in [-0.05, 0) is 30.1 Å². The van der Waals surface area contributed by atoms with Crippen molar-refractivity contribution in [2.45, 2.75) is 34.1 Å². The number of hydrogen-bond donors (Lipinski definition) is 0. The molecule has 0 saturated heterocycles. The molecule has 2 aliphatic rings. The van der Waals surface area contributed by atoms with Crippen LogP contribution in [0.4, 0.5) is 0 Å². The zero-order chi connectivity index (χ0) is 8.17. The summed E-state index contributed by atoms with van der Waals surface area (Å²) in [6.45, 7) is 9.56. The molecular weight excluding hydrogens is 132 g/mol. The van der Waals surface area contributed by atoms with Crippen LogP contribution < -0.4 is 0 Å². The maximum atomic E-state index is 2.40. The minimum absolute atomic E-state index is 0.885. The molecule has 2 aliphatic carbocycles. The molecule has 4 unspecified atom stereocenters. The van der Waals surface area contributed by atoms with E-state index in [0.29, 0.717) is 0 Å². The van der Waals surface area contributed by atoms with Gasteiger partial charge < -0.3 is 0 Å². The lowest BCUT2D eigenvalue weighted by molar-refractivity contribution is 0.395. The lowest BCUT2D eigenvalue weighted by atomic mass is 9.69. The summed E-state index contributed by atoms with van der Waals surface area (Å²) in [6, 6.07) is 0. The Hall–Kier alpha value is -0.260. The average Bonchev–Trinajstić information content (AvgIpc) is 2.26. The van der Waals surface area contributed by atoms with E-state index in [1.54, 1.807) is 5.57 Å². The van der Waals surface area contributed by atoms with Gasteiger partial charge in [0.2, 0.25) is 0 Å². The van der Waals surface area contributed by atoms with Crippen molar-refractivity contribution in [2.75, 3.05) is 0 Å². The Morgan fingerprint density at radius 3 is 2.09 bits per heavy atom. The van der Waals surface area contributed by atoms with Crippen molar-refractivity contribution in [3.8, 4) is 0 Å². The van der Waals surface area contributed by atoms with Crippen molar-refractivity contribution >= 4 is 0 Å². The van der Waals surface area contributed by atoms with Crippen LogP contribution in [0.25, 0.3) is 0 Å². The number of allylic oxidation sites excluding steroid dienone is 2. The van der Waals surface area contributed by atoms with E-state index in [0.717, 1.165) is 23.7 Å². The molecule has 0 amide bonds. The molecule has 0 aromatic carbocycles. The van der Waals surface area contributed by atoms with Gasteiger partial charge in [0.1, 0.15) is 0 Å². The first-order valence-electron chi connectivity index (χ1n) is 4.85. The zero-order valence-corrected chi connectivity index (χ0v) is 8.02. The van der Waals surface area contributed by atoms with Gasteiger partial charge >= 0.3 is 0 Å². The molecule has 0 radical (unpaired) electrons. The van der Waals surface area contributed by atoms with E-state index in [1.165, 1.54) is 6.42 Å². The third-order valence-electron chi connectivity index (χ3n) is 4.05. The molecular formula is C11H18. The Kier molecular flexibility index (Phi) is 1.42. The average molecular weight is 150 g/mol. The van der Waals surface area contributed by atoms with Gasteiger partial charge in [0.25, 0.3) is 0 Å². The molecule has 4 atom stereocenters. The Labute approximate surface area is 69.7 Å². The maximum absolute atomic E-state index is 2.40. The summed E-state index contributed by atoms with van der Waals surface area (Å²) in [4.78, 5) is 0. The molecule has 0 saturated carbocycles. The van der Waals surface area contributed by atoms with Crippen LogP contribution in [0.15, 0.2) is 11.1 Å². The summed E-state index contributed by atoms with van der Waals surface area (Å²) >= 11 is 0. The van der Waals surface area contributed by atoms with Crippen LogP contribution in [0.2, 0.25) is 0 Å². The molecule has 0 aromatic rings. The highest BCUT2D eigenvalue weighted by molar-refractivity contribution is 5.37. The van der Waals surface area contributed by atoms with Crippen LogP contribution >= 0.6 is 0 Å². The van der Waals surface area contributed by atoms with Crippen LogP contribution in [0.5, 0.6) is 0 Å². The van der Waals surface area contributed by atoms with Crippen molar-refractivity contribution in [2.24, 2.45) is 23.7 Å². The Morgan fingerprint density at radius 1 is 0.909 bits per heavy atom.